The fourth-order valence-corrected chi connectivity index (χ4v) is 2.87. The molecule has 1 spiro atoms. The van der Waals surface area contributed by atoms with Gasteiger partial charge in [0.1, 0.15) is 0 Å². The van der Waals surface area contributed by atoms with Crippen molar-refractivity contribution in [3.63, 3.8) is 0 Å². The number of hydrogen-bond donors (Lipinski definition) is 1. The smallest absolute Gasteiger partial charge is 0.251 e. The third-order valence-electron chi connectivity index (χ3n) is 3.84. The Balaban J connectivity index is 1.76. The molecule has 3 nitrogen and oxygen atoms in total. The van der Waals surface area contributed by atoms with E-state index in [1.54, 1.807) is 0 Å². The summed E-state index contributed by atoms with van der Waals surface area (Å²) >= 11 is 0. The highest BCUT2D eigenvalue weighted by molar-refractivity contribution is 5.46. The van der Waals surface area contributed by atoms with E-state index in [1.807, 2.05) is 6.07 Å². The second-order valence-corrected chi connectivity index (χ2v) is 5.28. The summed E-state index contributed by atoms with van der Waals surface area (Å²) in [5.41, 5.74) is 1.21. The Hall–Kier alpha value is -1.22. The van der Waals surface area contributed by atoms with Crippen LogP contribution < -0.4 is 9.47 Å². The number of ether oxygens (including phenoxy) is 2. The van der Waals surface area contributed by atoms with E-state index in [1.165, 1.54) is 24.8 Å². The summed E-state index contributed by atoms with van der Waals surface area (Å²) in [7, 11) is 0. The van der Waals surface area contributed by atoms with Crippen molar-refractivity contribution in [3.05, 3.63) is 23.8 Å². The Morgan fingerprint density at radius 1 is 1.06 bits per heavy atom. The second-order valence-electron chi connectivity index (χ2n) is 5.28. The first-order chi connectivity index (χ1) is 8.81. The van der Waals surface area contributed by atoms with Gasteiger partial charge in [-0.1, -0.05) is 12.5 Å². The van der Waals surface area contributed by atoms with E-state index in [2.05, 4.69) is 12.1 Å². The Morgan fingerprint density at radius 2 is 1.83 bits per heavy atom. The van der Waals surface area contributed by atoms with E-state index in [0.717, 1.165) is 37.2 Å². The number of aliphatic hydroxyl groups is 1. The molecule has 0 amide bonds. The molecule has 0 bridgehead atoms. The lowest BCUT2D eigenvalue weighted by atomic mass is 9.94. The summed E-state index contributed by atoms with van der Waals surface area (Å²) in [6.45, 7) is 0.235. The molecule has 1 aromatic rings. The van der Waals surface area contributed by atoms with Crippen molar-refractivity contribution in [1.29, 1.82) is 0 Å². The number of aliphatic hydroxyl groups excluding tert-OH is 1. The molecular weight excluding hydrogens is 228 g/mol. The lowest BCUT2D eigenvalue weighted by Gasteiger charge is -2.31. The van der Waals surface area contributed by atoms with Crippen LogP contribution in [0.1, 0.15) is 44.1 Å². The minimum absolute atomic E-state index is 0.235. The summed E-state index contributed by atoms with van der Waals surface area (Å²) in [5.74, 6) is 1.38. The first-order valence-electron chi connectivity index (χ1n) is 6.93. The maximum atomic E-state index is 8.86. The third-order valence-corrected chi connectivity index (χ3v) is 3.84. The van der Waals surface area contributed by atoms with Gasteiger partial charge in [-0.15, -0.1) is 0 Å². The zero-order valence-electron chi connectivity index (χ0n) is 10.7. The van der Waals surface area contributed by atoms with Crippen molar-refractivity contribution < 1.29 is 14.6 Å². The molecule has 1 fully saturated rings. The van der Waals surface area contributed by atoms with Crippen molar-refractivity contribution in [2.24, 2.45) is 0 Å². The molecule has 1 saturated carbocycles. The highest BCUT2D eigenvalue weighted by Crippen LogP contribution is 2.45. The van der Waals surface area contributed by atoms with Crippen LogP contribution in [0.5, 0.6) is 11.5 Å². The van der Waals surface area contributed by atoms with Gasteiger partial charge in [-0.3, -0.25) is 0 Å². The van der Waals surface area contributed by atoms with Crippen LogP contribution in [0.2, 0.25) is 0 Å². The van der Waals surface area contributed by atoms with Crippen LogP contribution in [0, 0.1) is 0 Å². The van der Waals surface area contributed by atoms with Crippen LogP contribution in [0.3, 0.4) is 0 Å². The Morgan fingerprint density at radius 3 is 2.61 bits per heavy atom. The fraction of sp³-hybridized carbons (Fsp3) is 0.600. The quantitative estimate of drug-likeness (QED) is 0.893. The molecule has 3 rings (SSSR count). The Kier molecular flexibility index (Phi) is 3.16. The van der Waals surface area contributed by atoms with Gasteiger partial charge in [0.05, 0.1) is 0 Å². The van der Waals surface area contributed by atoms with Crippen molar-refractivity contribution in [2.45, 2.75) is 50.7 Å². The molecule has 1 N–H and O–H groups in total. The highest BCUT2D eigenvalue weighted by atomic mass is 16.7. The average Bonchev–Trinajstić information content (AvgIpc) is 2.73. The Labute approximate surface area is 108 Å². The van der Waals surface area contributed by atoms with E-state index < -0.39 is 0 Å². The van der Waals surface area contributed by atoms with Gasteiger partial charge in [0.2, 0.25) is 0 Å². The molecule has 1 aliphatic carbocycles. The molecule has 0 unspecified atom stereocenters. The van der Waals surface area contributed by atoms with Gasteiger partial charge in [-0.2, -0.15) is 0 Å². The number of rotatable bonds is 3. The number of fused-ring (bicyclic) bond motifs is 1. The van der Waals surface area contributed by atoms with Crippen LogP contribution in [0.15, 0.2) is 18.2 Å². The van der Waals surface area contributed by atoms with Gasteiger partial charge in [0.15, 0.2) is 11.5 Å². The maximum Gasteiger partial charge on any atom is 0.251 e. The van der Waals surface area contributed by atoms with E-state index in [-0.39, 0.29) is 12.4 Å². The molecule has 3 heteroatoms. The van der Waals surface area contributed by atoms with Gasteiger partial charge in [0, 0.05) is 19.4 Å². The first kappa shape index (κ1) is 11.8. The predicted molar refractivity (Wildman–Crippen MR) is 68.9 cm³/mol. The molecule has 18 heavy (non-hydrogen) atoms. The minimum atomic E-state index is -0.379. The molecule has 0 atom stereocenters. The van der Waals surface area contributed by atoms with Crippen molar-refractivity contribution in [3.8, 4) is 11.5 Å². The van der Waals surface area contributed by atoms with Crippen LogP contribution in [-0.4, -0.2) is 17.5 Å². The summed E-state index contributed by atoms with van der Waals surface area (Å²) < 4.78 is 12.1. The first-order valence-corrected chi connectivity index (χ1v) is 6.93. The summed E-state index contributed by atoms with van der Waals surface area (Å²) in [6.07, 6.45) is 7.33. The molecule has 0 aromatic heterocycles. The topological polar surface area (TPSA) is 38.7 Å². The molecular formula is C15H20O3. The minimum Gasteiger partial charge on any atom is -0.448 e. The molecule has 0 saturated heterocycles. The normalized spacial score (nSPS) is 20.3. The third kappa shape index (κ3) is 2.19. The van der Waals surface area contributed by atoms with Crippen molar-refractivity contribution >= 4 is 0 Å². The molecule has 1 aromatic carbocycles. The number of aryl methyl sites for hydroxylation is 1. The van der Waals surface area contributed by atoms with Crippen molar-refractivity contribution in [2.75, 3.05) is 6.61 Å². The zero-order valence-corrected chi connectivity index (χ0v) is 10.7. The largest absolute Gasteiger partial charge is 0.448 e. The lowest BCUT2D eigenvalue weighted by molar-refractivity contribution is -0.105. The van der Waals surface area contributed by atoms with Crippen LogP contribution in [0.25, 0.3) is 0 Å². The number of benzene rings is 1. The predicted octanol–water partition coefficient (Wildman–Crippen LogP) is 3.04. The molecule has 98 valence electrons. The van der Waals surface area contributed by atoms with E-state index in [4.69, 9.17) is 14.6 Å². The Bertz CT molecular complexity index is 422. The van der Waals surface area contributed by atoms with Crippen LogP contribution >= 0.6 is 0 Å². The summed E-state index contributed by atoms with van der Waals surface area (Å²) in [6, 6.07) is 6.14. The molecule has 0 radical (unpaired) electrons. The van der Waals surface area contributed by atoms with Crippen LogP contribution in [-0.2, 0) is 6.42 Å². The van der Waals surface area contributed by atoms with Gasteiger partial charge < -0.3 is 14.6 Å². The molecule has 1 heterocycles. The van der Waals surface area contributed by atoms with Gasteiger partial charge in [-0.05, 0) is 43.4 Å². The maximum absolute atomic E-state index is 8.86. The van der Waals surface area contributed by atoms with E-state index >= 15 is 0 Å². The van der Waals surface area contributed by atoms with Crippen molar-refractivity contribution in [1.82, 2.24) is 0 Å². The zero-order chi connectivity index (χ0) is 12.4. The summed E-state index contributed by atoms with van der Waals surface area (Å²) in [4.78, 5) is 0. The average molecular weight is 248 g/mol. The molecule has 2 aliphatic rings. The standard InChI is InChI=1S/C15H20O3/c16-10-4-5-12-6-7-13-14(11-12)18-15(17-13)8-2-1-3-9-15/h6-7,11,16H,1-5,8-10H2. The number of hydrogen-bond acceptors (Lipinski definition) is 3. The van der Waals surface area contributed by atoms with Gasteiger partial charge >= 0.3 is 0 Å². The SMILES string of the molecule is OCCCc1ccc2c(c1)OC1(CCCCC1)O2. The monoisotopic (exact) mass is 248 g/mol. The van der Waals surface area contributed by atoms with Gasteiger partial charge in [-0.25, -0.2) is 0 Å². The lowest BCUT2D eigenvalue weighted by Crippen LogP contribution is -2.40. The van der Waals surface area contributed by atoms with E-state index in [0.29, 0.717) is 0 Å². The summed E-state index contributed by atoms with van der Waals surface area (Å²) in [5, 5.41) is 8.86. The second kappa shape index (κ2) is 4.81. The van der Waals surface area contributed by atoms with E-state index in [9.17, 15) is 0 Å². The fourth-order valence-electron chi connectivity index (χ4n) is 2.87. The van der Waals surface area contributed by atoms with Crippen LogP contribution in [0.4, 0.5) is 0 Å². The van der Waals surface area contributed by atoms with Gasteiger partial charge in [0.25, 0.3) is 5.79 Å². The highest BCUT2D eigenvalue weighted by Gasteiger charge is 2.42. The molecule has 1 aliphatic heterocycles.